The van der Waals surface area contributed by atoms with Crippen molar-refractivity contribution in [3.05, 3.63) is 29.6 Å². The second kappa shape index (κ2) is 6.77. The number of anilines is 1. The summed E-state index contributed by atoms with van der Waals surface area (Å²) in [6.07, 6.45) is 1.06. The van der Waals surface area contributed by atoms with Crippen LogP contribution in [0.2, 0.25) is 0 Å². The van der Waals surface area contributed by atoms with E-state index >= 15 is 0 Å². The van der Waals surface area contributed by atoms with Gasteiger partial charge in [-0.05, 0) is 13.3 Å². The summed E-state index contributed by atoms with van der Waals surface area (Å²) >= 11 is 0. The highest BCUT2D eigenvalue weighted by molar-refractivity contribution is 5.97. The molecule has 0 aromatic heterocycles. The van der Waals surface area contributed by atoms with E-state index in [0.29, 0.717) is 25.0 Å². The van der Waals surface area contributed by atoms with Gasteiger partial charge in [0.05, 0.1) is 11.2 Å². The first-order valence-corrected chi connectivity index (χ1v) is 5.53. The molecular weight excluding hydrogens is 281 g/mol. The summed E-state index contributed by atoms with van der Waals surface area (Å²) in [6.45, 7) is 3.33. The molecule has 0 radical (unpaired) electrons. The van der Waals surface area contributed by atoms with Crippen LogP contribution in [-0.4, -0.2) is 11.4 Å². The SMILES string of the molecule is CCCC(C)(N)C(=O)Nc1cc(F)c(F)cc1F.Cl. The quantitative estimate of drug-likeness (QED) is 0.839. The number of carbonyl (C=O) groups excluding carboxylic acids is 1. The van der Waals surface area contributed by atoms with E-state index in [9.17, 15) is 18.0 Å². The number of hydrogen-bond acceptors (Lipinski definition) is 2. The van der Waals surface area contributed by atoms with Crippen molar-refractivity contribution in [2.45, 2.75) is 32.2 Å². The summed E-state index contributed by atoms with van der Waals surface area (Å²) in [6, 6.07) is 0.962. The maximum Gasteiger partial charge on any atom is 0.244 e. The lowest BCUT2D eigenvalue weighted by molar-refractivity contribution is -0.120. The third kappa shape index (κ3) is 4.40. The van der Waals surface area contributed by atoms with Gasteiger partial charge >= 0.3 is 0 Å². The van der Waals surface area contributed by atoms with Gasteiger partial charge < -0.3 is 11.1 Å². The Morgan fingerprint density at radius 1 is 1.26 bits per heavy atom. The van der Waals surface area contributed by atoms with Gasteiger partial charge in [-0.15, -0.1) is 12.4 Å². The Morgan fingerprint density at radius 2 is 1.79 bits per heavy atom. The summed E-state index contributed by atoms with van der Waals surface area (Å²) < 4.78 is 38.9. The number of amides is 1. The Hall–Kier alpha value is -1.27. The second-order valence-electron chi connectivity index (χ2n) is 4.37. The molecule has 1 aromatic rings. The van der Waals surface area contributed by atoms with Gasteiger partial charge in [-0.1, -0.05) is 13.3 Å². The first-order chi connectivity index (χ1) is 8.27. The second-order valence-corrected chi connectivity index (χ2v) is 4.37. The number of nitrogens with one attached hydrogen (secondary N) is 1. The molecule has 0 heterocycles. The molecule has 0 aliphatic heterocycles. The molecule has 1 rings (SSSR count). The van der Waals surface area contributed by atoms with Crippen LogP contribution in [0.4, 0.5) is 18.9 Å². The van der Waals surface area contributed by atoms with Crippen molar-refractivity contribution >= 4 is 24.0 Å². The standard InChI is InChI=1S/C12H15F3N2O.ClH/c1-3-4-12(2,16)11(18)17-10-6-8(14)7(13)5-9(10)15;/h5-6H,3-4,16H2,1-2H3,(H,17,18);1H. The topological polar surface area (TPSA) is 55.1 Å². The average molecular weight is 297 g/mol. The Bertz CT molecular complexity index is 467. The van der Waals surface area contributed by atoms with Crippen LogP contribution in [0.1, 0.15) is 26.7 Å². The lowest BCUT2D eigenvalue weighted by Gasteiger charge is -2.23. The van der Waals surface area contributed by atoms with E-state index in [0.717, 1.165) is 0 Å². The molecule has 3 nitrogen and oxygen atoms in total. The maximum absolute atomic E-state index is 13.3. The Kier molecular flexibility index (Phi) is 6.32. The molecule has 1 atom stereocenters. The molecule has 0 saturated carbocycles. The van der Waals surface area contributed by atoms with Crippen molar-refractivity contribution in [3.63, 3.8) is 0 Å². The van der Waals surface area contributed by atoms with E-state index in [4.69, 9.17) is 5.73 Å². The molecule has 0 bridgehead atoms. The van der Waals surface area contributed by atoms with E-state index in [1.54, 1.807) is 0 Å². The lowest BCUT2D eigenvalue weighted by Crippen LogP contribution is -2.48. The molecule has 0 fully saturated rings. The number of nitrogens with two attached hydrogens (primary N) is 1. The molecule has 0 saturated heterocycles. The minimum Gasteiger partial charge on any atom is -0.322 e. The molecule has 7 heteroatoms. The zero-order valence-electron chi connectivity index (χ0n) is 10.6. The molecule has 0 aliphatic carbocycles. The minimum atomic E-state index is -1.31. The molecule has 1 aromatic carbocycles. The lowest BCUT2D eigenvalue weighted by atomic mass is 9.96. The number of rotatable bonds is 4. The molecule has 108 valence electrons. The number of hydrogen-bond donors (Lipinski definition) is 2. The van der Waals surface area contributed by atoms with Gasteiger partial charge in [0.25, 0.3) is 0 Å². The van der Waals surface area contributed by atoms with Crippen molar-refractivity contribution < 1.29 is 18.0 Å². The molecule has 1 amide bonds. The van der Waals surface area contributed by atoms with Crippen molar-refractivity contribution in [1.82, 2.24) is 0 Å². The predicted octanol–water partition coefficient (Wildman–Crippen LogP) is 2.98. The molecule has 1 unspecified atom stereocenters. The van der Waals surface area contributed by atoms with Gasteiger partial charge in [-0.2, -0.15) is 0 Å². The van der Waals surface area contributed by atoms with Crippen LogP contribution < -0.4 is 11.1 Å². The summed E-state index contributed by atoms with van der Waals surface area (Å²) in [7, 11) is 0. The van der Waals surface area contributed by atoms with Gasteiger partial charge in [-0.3, -0.25) is 4.79 Å². The predicted molar refractivity (Wildman–Crippen MR) is 69.7 cm³/mol. The maximum atomic E-state index is 13.3. The summed E-state index contributed by atoms with van der Waals surface area (Å²) in [5, 5.41) is 2.16. The van der Waals surface area contributed by atoms with Gasteiger partial charge in [-0.25, -0.2) is 13.2 Å². The van der Waals surface area contributed by atoms with Crippen LogP contribution in [0.3, 0.4) is 0 Å². The number of carbonyl (C=O) groups is 1. The van der Waals surface area contributed by atoms with E-state index < -0.39 is 34.6 Å². The van der Waals surface area contributed by atoms with Gasteiger partial charge in [0, 0.05) is 12.1 Å². The van der Waals surface area contributed by atoms with Gasteiger partial charge in [0.1, 0.15) is 5.82 Å². The van der Waals surface area contributed by atoms with Crippen LogP contribution in [-0.2, 0) is 4.79 Å². The third-order valence-electron chi connectivity index (χ3n) is 2.55. The smallest absolute Gasteiger partial charge is 0.244 e. The fraction of sp³-hybridized carbons (Fsp3) is 0.417. The highest BCUT2D eigenvalue weighted by Gasteiger charge is 2.28. The van der Waals surface area contributed by atoms with Gasteiger partial charge in [0.15, 0.2) is 11.6 Å². The largest absolute Gasteiger partial charge is 0.322 e. The van der Waals surface area contributed by atoms with Crippen molar-refractivity contribution in [1.29, 1.82) is 0 Å². The normalized spacial score (nSPS) is 13.4. The van der Waals surface area contributed by atoms with Crippen molar-refractivity contribution in [2.24, 2.45) is 5.73 Å². The van der Waals surface area contributed by atoms with Crippen LogP contribution >= 0.6 is 12.4 Å². The monoisotopic (exact) mass is 296 g/mol. The van der Waals surface area contributed by atoms with E-state index in [1.807, 2.05) is 6.92 Å². The van der Waals surface area contributed by atoms with Crippen LogP contribution in [0.5, 0.6) is 0 Å². The molecule has 0 aliphatic rings. The highest BCUT2D eigenvalue weighted by Crippen LogP contribution is 2.20. The Balaban J connectivity index is 0.00000324. The van der Waals surface area contributed by atoms with Crippen LogP contribution in [0.15, 0.2) is 12.1 Å². The molecule has 19 heavy (non-hydrogen) atoms. The highest BCUT2D eigenvalue weighted by atomic mass is 35.5. The fourth-order valence-electron chi connectivity index (χ4n) is 1.52. The summed E-state index contributed by atoms with van der Waals surface area (Å²) in [4.78, 5) is 11.8. The molecule has 3 N–H and O–H groups in total. The zero-order valence-corrected chi connectivity index (χ0v) is 11.4. The van der Waals surface area contributed by atoms with Gasteiger partial charge in [0.2, 0.25) is 5.91 Å². The summed E-state index contributed by atoms with van der Waals surface area (Å²) in [5.41, 5.74) is 4.12. The van der Waals surface area contributed by atoms with E-state index in [2.05, 4.69) is 5.32 Å². The minimum absolute atomic E-state index is 0. The van der Waals surface area contributed by atoms with Crippen LogP contribution in [0, 0.1) is 17.5 Å². The van der Waals surface area contributed by atoms with E-state index in [1.165, 1.54) is 6.92 Å². The first-order valence-electron chi connectivity index (χ1n) is 5.53. The van der Waals surface area contributed by atoms with Crippen molar-refractivity contribution in [3.8, 4) is 0 Å². The molecular formula is C12H16ClF3N2O. The Morgan fingerprint density at radius 3 is 2.32 bits per heavy atom. The third-order valence-corrected chi connectivity index (χ3v) is 2.55. The zero-order chi connectivity index (χ0) is 13.9. The number of halogens is 4. The first kappa shape index (κ1) is 17.7. The molecule has 0 spiro atoms. The van der Waals surface area contributed by atoms with Crippen molar-refractivity contribution in [2.75, 3.05) is 5.32 Å². The Labute approximate surface area is 115 Å². The fourth-order valence-corrected chi connectivity index (χ4v) is 1.52. The summed E-state index contributed by atoms with van der Waals surface area (Å²) in [5.74, 6) is -4.24. The van der Waals surface area contributed by atoms with E-state index in [-0.39, 0.29) is 12.4 Å². The number of benzene rings is 1. The van der Waals surface area contributed by atoms with Crippen LogP contribution in [0.25, 0.3) is 0 Å². The average Bonchev–Trinajstić information content (AvgIpc) is 2.25.